The van der Waals surface area contributed by atoms with Gasteiger partial charge in [-0.15, -0.1) is 0 Å². The zero-order valence-electron chi connectivity index (χ0n) is 19.7. The van der Waals surface area contributed by atoms with Crippen LogP contribution in [0.2, 0.25) is 0 Å². The van der Waals surface area contributed by atoms with Crippen molar-refractivity contribution in [3.05, 3.63) is 0 Å². The first-order valence-electron chi connectivity index (χ1n) is 11.0. The predicted molar refractivity (Wildman–Crippen MR) is 134 cm³/mol. The van der Waals surface area contributed by atoms with E-state index in [4.69, 9.17) is 11.5 Å². The number of nitrogens with zero attached hydrogens (tertiary/aromatic N) is 2. The summed E-state index contributed by atoms with van der Waals surface area (Å²) in [7, 11) is 0. The first-order chi connectivity index (χ1) is 14.6. The molecule has 0 unspecified atom stereocenters. The number of Topliss-reactive ketones (excluding diaryl/α,β-unsaturated/α-hetero) is 2. The fraction of sp³-hybridized carbons (Fsp3) is 0.727. The molecule has 10 heteroatoms. The van der Waals surface area contributed by atoms with Crippen molar-refractivity contribution in [3.8, 4) is 0 Å². The maximum atomic E-state index is 12.3. The molecule has 176 valence electrons. The number of carbonyl (C=O) groups excluding carboxylic acids is 2. The predicted octanol–water partition coefficient (Wildman–Crippen LogP) is 2.40. The van der Waals surface area contributed by atoms with Gasteiger partial charge in [-0.1, -0.05) is 41.5 Å². The van der Waals surface area contributed by atoms with E-state index in [0.717, 1.165) is 25.7 Å². The summed E-state index contributed by atoms with van der Waals surface area (Å²) in [5.74, 6) is 0.758. The minimum Gasteiger partial charge on any atom is -0.375 e. The molecule has 0 aromatic rings. The number of hydrazone groups is 2. The van der Waals surface area contributed by atoms with Gasteiger partial charge in [-0.05, 0) is 60.9 Å². The maximum Gasteiger partial charge on any atom is 0.185 e. The molecule has 0 radical (unpaired) electrons. The molecule has 4 aliphatic carbocycles. The highest BCUT2D eigenvalue weighted by atomic mass is 32.1. The van der Waals surface area contributed by atoms with Crippen LogP contribution in [0, 0.1) is 33.5 Å². The van der Waals surface area contributed by atoms with Gasteiger partial charge in [-0.3, -0.25) is 20.4 Å². The van der Waals surface area contributed by atoms with Crippen LogP contribution in [-0.2, 0) is 9.59 Å². The molecule has 4 fully saturated rings. The smallest absolute Gasteiger partial charge is 0.185 e. The molecule has 8 nitrogen and oxygen atoms in total. The quantitative estimate of drug-likeness (QED) is 0.351. The average molecular weight is 479 g/mol. The van der Waals surface area contributed by atoms with Gasteiger partial charge in [-0.2, -0.15) is 10.2 Å². The molecule has 32 heavy (non-hydrogen) atoms. The fourth-order valence-corrected chi connectivity index (χ4v) is 6.23. The van der Waals surface area contributed by atoms with Crippen LogP contribution in [0.4, 0.5) is 0 Å². The van der Waals surface area contributed by atoms with E-state index in [1.54, 1.807) is 0 Å². The number of fused-ring (bicyclic) bond motifs is 4. The Balaban J connectivity index is 0.000000181. The minimum atomic E-state index is -0.269. The number of carbonyl (C=O) groups is 2. The standard InChI is InChI=1S/2C11H17N3OS/c2*1-10(2)6-4-5-11(10,3)8(15)7(6)13-14-9(12)16/h2*6H,4-5H2,1-3H3,(H3,12,14,16)/b2*13-7+/t2*6-,11+/m10/s1. The van der Waals surface area contributed by atoms with E-state index >= 15 is 0 Å². The molecule has 6 N–H and O–H groups in total. The summed E-state index contributed by atoms with van der Waals surface area (Å²) >= 11 is 9.38. The van der Waals surface area contributed by atoms with Gasteiger partial charge in [0.15, 0.2) is 21.8 Å². The number of ketones is 2. The first-order valence-corrected chi connectivity index (χ1v) is 11.8. The summed E-state index contributed by atoms with van der Waals surface area (Å²) in [6.07, 6.45) is 3.95. The Hall–Kier alpha value is -1.94. The van der Waals surface area contributed by atoms with Gasteiger partial charge in [0.1, 0.15) is 11.4 Å². The number of nitrogens with one attached hydrogen (secondary N) is 2. The number of hydrogen-bond acceptors (Lipinski definition) is 6. The molecule has 0 spiro atoms. The van der Waals surface area contributed by atoms with Crippen LogP contribution < -0.4 is 22.3 Å². The highest BCUT2D eigenvalue weighted by Crippen LogP contribution is 2.63. The molecule has 0 saturated heterocycles. The number of thiocarbonyl (C=S) groups is 2. The van der Waals surface area contributed by atoms with Crippen LogP contribution >= 0.6 is 24.4 Å². The summed E-state index contributed by atoms with van der Waals surface area (Å²) in [6, 6.07) is 0. The van der Waals surface area contributed by atoms with Crippen LogP contribution in [0.25, 0.3) is 0 Å². The van der Waals surface area contributed by atoms with E-state index in [-0.39, 0.29) is 55.3 Å². The molecule has 0 aromatic heterocycles. The Labute approximate surface area is 200 Å². The molecule has 0 aromatic carbocycles. The Bertz CT molecular complexity index is 880. The summed E-state index contributed by atoms with van der Waals surface area (Å²) < 4.78 is 0. The lowest BCUT2D eigenvalue weighted by molar-refractivity contribution is -0.124. The third-order valence-corrected chi connectivity index (χ3v) is 9.34. The van der Waals surface area contributed by atoms with Crippen LogP contribution in [-0.4, -0.2) is 33.2 Å². The van der Waals surface area contributed by atoms with Crippen molar-refractivity contribution in [2.24, 2.45) is 55.2 Å². The lowest BCUT2D eigenvalue weighted by Crippen LogP contribution is -2.34. The number of hydrogen-bond donors (Lipinski definition) is 4. The number of nitrogens with two attached hydrogens (primary N) is 2. The molecular formula is C22H34N6O2S2. The van der Waals surface area contributed by atoms with Crippen molar-refractivity contribution >= 4 is 57.7 Å². The number of rotatable bonds is 2. The van der Waals surface area contributed by atoms with Crippen molar-refractivity contribution in [1.29, 1.82) is 0 Å². The molecule has 4 atom stereocenters. The van der Waals surface area contributed by atoms with Crippen LogP contribution in [0.5, 0.6) is 0 Å². The molecule has 0 aliphatic heterocycles. The first kappa shape index (κ1) is 24.7. The van der Waals surface area contributed by atoms with Crippen LogP contribution in [0.1, 0.15) is 67.2 Å². The Morgan fingerprint density at radius 2 is 1.09 bits per heavy atom. The molecule has 4 bridgehead atoms. The topological polar surface area (TPSA) is 135 Å². The largest absolute Gasteiger partial charge is 0.375 e. The average Bonchev–Trinajstić information content (AvgIpc) is 3.17. The normalized spacial score (nSPS) is 38.1. The molecule has 4 aliphatic rings. The fourth-order valence-electron chi connectivity index (χ4n) is 6.14. The second-order valence-corrected chi connectivity index (χ2v) is 11.8. The van der Waals surface area contributed by atoms with Crippen molar-refractivity contribution in [2.75, 3.05) is 0 Å². The van der Waals surface area contributed by atoms with Crippen molar-refractivity contribution < 1.29 is 9.59 Å². The summed E-state index contributed by atoms with van der Waals surface area (Å²) in [5.41, 5.74) is 16.4. The minimum absolute atomic E-state index is 0.0131. The van der Waals surface area contributed by atoms with E-state index < -0.39 is 0 Å². The highest BCUT2D eigenvalue weighted by Gasteiger charge is 2.66. The monoisotopic (exact) mass is 478 g/mol. The van der Waals surface area contributed by atoms with Crippen molar-refractivity contribution in [3.63, 3.8) is 0 Å². The molecule has 0 heterocycles. The van der Waals surface area contributed by atoms with Gasteiger partial charge in [0.05, 0.1) is 0 Å². The summed E-state index contributed by atoms with van der Waals surface area (Å²) in [6.45, 7) is 12.7. The van der Waals surface area contributed by atoms with Gasteiger partial charge >= 0.3 is 0 Å². The van der Waals surface area contributed by atoms with Crippen LogP contribution in [0.3, 0.4) is 0 Å². The highest BCUT2D eigenvalue weighted by molar-refractivity contribution is 7.80. The second-order valence-electron chi connectivity index (χ2n) is 10.9. The second kappa shape index (κ2) is 7.83. The van der Waals surface area contributed by atoms with E-state index in [1.807, 2.05) is 13.8 Å². The van der Waals surface area contributed by atoms with Gasteiger partial charge in [0, 0.05) is 22.7 Å². The van der Waals surface area contributed by atoms with E-state index in [0.29, 0.717) is 11.4 Å². The SMILES string of the molecule is CC1(C)[C@@H]2CC[C@@]1(C)C(=O)/C2=N/NC(N)=S.CC1(C)[C@H]2CC[C@]1(C)C(=O)/C2=N/NC(N)=S. The Morgan fingerprint density at radius 1 is 0.781 bits per heavy atom. The van der Waals surface area contributed by atoms with Crippen LogP contribution in [0.15, 0.2) is 10.2 Å². The zero-order chi connectivity index (χ0) is 24.3. The lowest BCUT2D eigenvalue weighted by Gasteiger charge is -2.31. The third-order valence-electron chi connectivity index (χ3n) is 9.15. The van der Waals surface area contributed by atoms with E-state index in [2.05, 4.69) is 73.2 Å². The summed E-state index contributed by atoms with van der Waals surface area (Å²) in [4.78, 5) is 24.5. The Kier molecular flexibility index (Phi) is 6.04. The van der Waals surface area contributed by atoms with Gasteiger partial charge in [-0.25, -0.2) is 0 Å². The zero-order valence-corrected chi connectivity index (χ0v) is 21.3. The Morgan fingerprint density at radius 3 is 1.31 bits per heavy atom. The van der Waals surface area contributed by atoms with E-state index in [9.17, 15) is 9.59 Å². The molecule has 0 amide bonds. The summed E-state index contributed by atoms with van der Waals surface area (Å²) in [5, 5.41) is 8.36. The molecule has 4 rings (SSSR count). The molecular weight excluding hydrogens is 444 g/mol. The lowest BCUT2D eigenvalue weighted by atomic mass is 9.70. The molecule has 4 saturated carbocycles. The van der Waals surface area contributed by atoms with E-state index in [1.165, 1.54) is 0 Å². The van der Waals surface area contributed by atoms with Gasteiger partial charge < -0.3 is 11.5 Å². The van der Waals surface area contributed by atoms with Crippen molar-refractivity contribution in [1.82, 2.24) is 10.9 Å². The third kappa shape index (κ3) is 3.37. The van der Waals surface area contributed by atoms with Gasteiger partial charge in [0.25, 0.3) is 0 Å². The maximum absolute atomic E-state index is 12.3. The van der Waals surface area contributed by atoms with Gasteiger partial charge in [0.2, 0.25) is 0 Å². The van der Waals surface area contributed by atoms with Crippen molar-refractivity contribution in [2.45, 2.75) is 67.2 Å².